The Hall–Kier alpha value is -1.13. The fraction of sp³-hybridized carbons (Fsp3) is 0.667. The Labute approximate surface area is 115 Å². The lowest BCUT2D eigenvalue weighted by Gasteiger charge is -2.38. The second-order valence-corrected chi connectivity index (χ2v) is 5.35. The van der Waals surface area contributed by atoms with E-state index in [0.717, 1.165) is 25.0 Å². The van der Waals surface area contributed by atoms with Gasteiger partial charge in [-0.25, -0.2) is 4.98 Å². The van der Waals surface area contributed by atoms with Crippen LogP contribution in [0.3, 0.4) is 0 Å². The van der Waals surface area contributed by atoms with E-state index in [1.165, 1.54) is 18.4 Å². The molecule has 106 valence electrons. The van der Waals surface area contributed by atoms with Crippen molar-refractivity contribution in [3.05, 3.63) is 23.4 Å². The van der Waals surface area contributed by atoms with E-state index in [4.69, 9.17) is 10.5 Å². The van der Waals surface area contributed by atoms with Crippen molar-refractivity contribution < 1.29 is 4.74 Å². The van der Waals surface area contributed by atoms with Gasteiger partial charge in [0, 0.05) is 18.4 Å². The molecule has 1 aliphatic rings. The number of nitrogens with zero attached hydrogens (tertiary/aromatic N) is 1. The van der Waals surface area contributed by atoms with E-state index < -0.39 is 0 Å². The summed E-state index contributed by atoms with van der Waals surface area (Å²) in [6.07, 6.45) is 6.37. The zero-order chi connectivity index (χ0) is 13.9. The van der Waals surface area contributed by atoms with Crippen LogP contribution in [0.15, 0.2) is 12.3 Å². The van der Waals surface area contributed by atoms with Gasteiger partial charge in [-0.15, -0.1) is 0 Å². The molecule has 0 saturated heterocycles. The molecule has 0 amide bonds. The average molecular weight is 263 g/mol. The third-order valence-electron chi connectivity index (χ3n) is 4.22. The summed E-state index contributed by atoms with van der Waals surface area (Å²) >= 11 is 0. The quantitative estimate of drug-likeness (QED) is 0.857. The molecule has 1 aliphatic carbocycles. The van der Waals surface area contributed by atoms with Crippen LogP contribution in [0.1, 0.15) is 49.8 Å². The lowest BCUT2D eigenvalue weighted by atomic mass is 9.85. The van der Waals surface area contributed by atoms with Crippen LogP contribution in [0.5, 0.6) is 0 Å². The van der Waals surface area contributed by atoms with Gasteiger partial charge in [0.15, 0.2) is 0 Å². The van der Waals surface area contributed by atoms with E-state index in [-0.39, 0.29) is 11.6 Å². The highest BCUT2D eigenvalue weighted by Gasteiger charge is 2.43. The van der Waals surface area contributed by atoms with Crippen molar-refractivity contribution in [3.8, 4) is 0 Å². The maximum atomic E-state index is 6.16. The Morgan fingerprint density at radius 2 is 2.16 bits per heavy atom. The van der Waals surface area contributed by atoms with E-state index in [9.17, 15) is 0 Å². The Balaban J connectivity index is 2.43. The summed E-state index contributed by atoms with van der Waals surface area (Å²) in [7, 11) is 1.98. The predicted molar refractivity (Wildman–Crippen MR) is 78.0 cm³/mol. The number of nitrogens with one attached hydrogen (secondary N) is 1. The minimum Gasteiger partial charge on any atom is -0.383 e. The van der Waals surface area contributed by atoms with Crippen LogP contribution in [0, 0.1) is 6.92 Å². The first-order valence-corrected chi connectivity index (χ1v) is 7.17. The molecule has 1 aromatic heterocycles. The van der Waals surface area contributed by atoms with Gasteiger partial charge in [-0.1, -0.05) is 12.8 Å². The summed E-state index contributed by atoms with van der Waals surface area (Å²) in [5, 5.41) is 3.42. The molecule has 0 aromatic carbocycles. The third kappa shape index (κ3) is 2.60. The van der Waals surface area contributed by atoms with Crippen LogP contribution in [-0.2, 0) is 4.74 Å². The second kappa shape index (κ2) is 5.88. The number of nitrogens with two attached hydrogens (primary N) is 1. The Bertz CT molecular complexity index is 407. The molecule has 2 rings (SSSR count). The van der Waals surface area contributed by atoms with Crippen molar-refractivity contribution in [2.75, 3.05) is 19.4 Å². The number of pyridine rings is 1. The highest BCUT2D eigenvalue weighted by Crippen LogP contribution is 2.44. The molecule has 3 N–H and O–H groups in total. The highest BCUT2D eigenvalue weighted by molar-refractivity contribution is 5.47. The summed E-state index contributed by atoms with van der Waals surface area (Å²) in [6, 6.07) is 2.13. The second-order valence-electron chi connectivity index (χ2n) is 5.35. The van der Waals surface area contributed by atoms with Gasteiger partial charge in [0.25, 0.3) is 0 Å². The fourth-order valence-corrected chi connectivity index (χ4v) is 3.41. The van der Waals surface area contributed by atoms with Crippen LogP contribution in [0.25, 0.3) is 0 Å². The first kappa shape index (κ1) is 14.3. The standard InChI is InChI=1S/C15H25N3O/c1-4-19-15(8-5-6-9-15)13(17-3)12-11(2)7-10-18-14(12)16/h7,10,13,17H,4-6,8-9H2,1-3H3,(H2,16,18). The number of ether oxygens (including phenoxy) is 1. The Kier molecular flexibility index (Phi) is 4.42. The Morgan fingerprint density at radius 3 is 2.68 bits per heavy atom. The molecule has 1 atom stereocenters. The number of aryl methyl sites for hydroxylation is 1. The van der Waals surface area contributed by atoms with E-state index in [1.54, 1.807) is 6.20 Å². The maximum Gasteiger partial charge on any atom is 0.128 e. The van der Waals surface area contributed by atoms with E-state index >= 15 is 0 Å². The molecular weight excluding hydrogens is 238 g/mol. The van der Waals surface area contributed by atoms with Crippen LogP contribution < -0.4 is 11.1 Å². The van der Waals surface area contributed by atoms with Gasteiger partial charge >= 0.3 is 0 Å². The van der Waals surface area contributed by atoms with Crippen molar-refractivity contribution in [1.29, 1.82) is 0 Å². The van der Waals surface area contributed by atoms with Gasteiger partial charge in [0.1, 0.15) is 5.82 Å². The number of likely N-dealkylation sites (N-methyl/N-ethyl adjacent to an activating group) is 1. The molecular formula is C15H25N3O. The van der Waals surface area contributed by atoms with Gasteiger partial charge in [0.2, 0.25) is 0 Å². The lowest BCUT2D eigenvalue weighted by Crippen LogP contribution is -2.43. The monoisotopic (exact) mass is 263 g/mol. The fourth-order valence-electron chi connectivity index (χ4n) is 3.41. The van der Waals surface area contributed by atoms with Gasteiger partial charge in [-0.2, -0.15) is 0 Å². The zero-order valence-electron chi connectivity index (χ0n) is 12.2. The molecule has 0 aliphatic heterocycles. The predicted octanol–water partition coefficient (Wildman–Crippen LogP) is 2.58. The van der Waals surface area contributed by atoms with E-state index in [2.05, 4.69) is 24.1 Å². The molecule has 1 fully saturated rings. The molecule has 1 aromatic rings. The highest BCUT2D eigenvalue weighted by atomic mass is 16.5. The number of hydrogen-bond donors (Lipinski definition) is 2. The largest absolute Gasteiger partial charge is 0.383 e. The molecule has 1 unspecified atom stereocenters. The van der Waals surface area contributed by atoms with Gasteiger partial charge < -0.3 is 15.8 Å². The first-order chi connectivity index (χ1) is 9.14. The van der Waals surface area contributed by atoms with Crippen molar-refractivity contribution in [3.63, 3.8) is 0 Å². The minimum absolute atomic E-state index is 0.114. The topological polar surface area (TPSA) is 60.2 Å². The molecule has 0 spiro atoms. The average Bonchev–Trinajstić information content (AvgIpc) is 2.84. The molecule has 19 heavy (non-hydrogen) atoms. The zero-order valence-corrected chi connectivity index (χ0v) is 12.2. The van der Waals surface area contributed by atoms with Gasteiger partial charge in [-0.05, 0) is 45.4 Å². The number of hydrogen-bond acceptors (Lipinski definition) is 4. The van der Waals surface area contributed by atoms with Crippen LogP contribution >= 0.6 is 0 Å². The summed E-state index contributed by atoms with van der Waals surface area (Å²) in [5.74, 6) is 0.616. The summed E-state index contributed by atoms with van der Waals surface area (Å²) in [4.78, 5) is 4.25. The molecule has 4 nitrogen and oxygen atoms in total. The molecule has 1 heterocycles. The summed E-state index contributed by atoms with van der Waals surface area (Å²) < 4.78 is 6.16. The van der Waals surface area contributed by atoms with Crippen molar-refractivity contribution in [2.45, 2.75) is 51.2 Å². The molecule has 1 saturated carbocycles. The lowest BCUT2D eigenvalue weighted by molar-refractivity contribution is -0.0610. The molecule has 4 heteroatoms. The van der Waals surface area contributed by atoms with E-state index in [1.807, 2.05) is 13.1 Å². The normalized spacial score (nSPS) is 19.5. The van der Waals surface area contributed by atoms with Crippen LogP contribution in [0.4, 0.5) is 5.82 Å². The number of anilines is 1. The van der Waals surface area contributed by atoms with Crippen molar-refractivity contribution in [1.82, 2.24) is 10.3 Å². The Morgan fingerprint density at radius 1 is 1.47 bits per heavy atom. The first-order valence-electron chi connectivity index (χ1n) is 7.17. The van der Waals surface area contributed by atoms with Crippen molar-refractivity contribution in [2.24, 2.45) is 0 Å². The van der Waals surface area contributed by atoms with E-state index in [0.29, 0.717) is 5.82 Å². The number of nitrogen functional groups attached to an aromatic ring is 1. The molecule has 0 radical (unpaired) electrons. The summed E-state index contributed by atoms with van der Waals surface area (Å²) in [6.45, 7) is 4.88. The molecule has 0 bridgehead atoms. The number of rotatable bonds is 5. The smallest absolute Gasteiger partial charge is 0.128 e. The third-order valence-corrected chi connectivity index (χ3v) is 4.22. The summed E-state index contributed by atoms with van der Waals surface area (Å²) in [5.41, 5.74) is 8.26. The SMILES string of the molecule is CCOC1(C(NC)c2c(C)ccnc2N)CCCC1. The van der Waals surface area contributed by atoms with Crippen molar-refractivity contribution >= 4 is 5.82 Å². The van der Waals surface area contributed by atoms with Gasteiger partial charge in [-0.3, -0.25) is 0 Å². The number of aromatic nitrogens is 1. The van der Waals surface area contributed by atoms with Crippen LogP contribution in [-0.4, -0.2) is 24.2 Å². The minimum atomic E-state index is -0.134. The van der Waals surface area contributed by atoms with Crippen LogP contribution in [0.2, 0.25) is 0 Å². The van der Waals surface area contributed by atoms with Gasteiger partial charge in [0.05, 0.1) is 11.6 Å². The maximum absolute atomic E-state index is 6.16.